The summed E-state index contributed by atoms with van der Waals surface area (Å²) >= 11 is 0. The van der Waals surface area contributed by atoms with Gasteiger partial charge in [-0.2, -0.15) is 8.42 Å². The topological polar surface area (TPSA) is 161 Å². The number of ether oxygens (including phenoxy) is 3. The van der Waals surface area contributed by atoms with Crippen LogP contribution in [0, 0.1) is 5.82 Å². The number of hydrogen-bond donors (Lipinski definition) is 3. The largest absolute Gasteiger partial charge is 0.487 e. The quantitative estimate of drug-likeness (QED) is 0.323. The summed E-state index contributed by atoms with van der Waals surface area (Å²) in [6.45, 7) is 6.79. The summed E-state index contributed by atoms with van der Waals surface area (Å²) in [5.74, 6) is -2.95. The van der Waals surface area contributed by atoms with Gasteiger partial charge in [0.2, 0.25) is 0 Å². The van der Waals surface area contributed by atoms with E-state index in [9.17, 15) is 27.9 Å². The number of anilines is 1. The lowest BCUT2D eigenvalue weighted by atomic mass is 9.87. The van der Waals surface area contributed by atoms with Gasteiger partial charge in [0.05, 0.1) is 0 Å². The SMILES string of the molecule is C=CCOC(=O)NS(=O)(=O)N(CC(=O)O)c1c(OCc2ccccc2)cc2c(c1F)C[C@H](NC(=O)OC(C)(C)C)CC2. The number of rotatable bonds is 11. The van der Waals surface area contributed by atoms with Crippen molar-refractivity contribution in [2.75, 3.05) is 17.5 Å². The molecule has 1 atom stereocenters. The zero-order chi connectivity index (χ0) is 31.1. The zero-order valence-electron chi connectivity index (χ0n) is 23.5. The van der Waals surface area contributed by atoms with E-state index in [2.05, 4.69) is 16.6 Å². The molecule has 0 unspecified atom stereocenters. The van der Waals surface area contributed by atoms with E-state index in [1.165, 1.54) is 12.1 Å². The summed E-state index contributed by atoms with van der Waals surface area (Å²) in [6, 6.07) is 9.67. The molecule has 2 amide bonds. The van der Waals surface area contributed by atoms with Crippen molar-refractivity contribution in [1.29, 1.82) is 0 Å². The second-order valence-electron chi connectivity index (χ2n) is 10.4. The van der Waals surface area contributed by atoms with Gasteiger partial charge in [-0.15, -0.1) is 0 Å². The first-order valence-corrected chi connectivity index (χ1v) is 14.4. The molecule has 228 valence electrons. The van der Waals surface area contributed by atoms with Crippen molar-refractivity contribution in [3.8, 4) is 5.75 Å². The van der Waals surface area contributed by atoms with E-state index in [4.69, 9.17) is 9.47 Å². The molecule has 0 spiro atoms. The van der Waals surface area contributed by atoms with Gasteiger partial charge in [-0.05, 0) is 62.8 Å². The lowest BCUT2D eigenvalue weighted by Gasteiger charge is -2.31. The minimum atomic E-state index is -5.02. The van der Waals surface area contributed by atoms with E-state index in [0.29, 0.717) is 24.0 Å². The molecule has 14 heteroatoms. The standard InChI is InChI=1S/C28H34FN3O9S/c1-5-13-39-27(36)31-42(37,38)32(16-23(33)34)25-22(40-17-18-9-7-6-8-10-18)14-19-11-12-20(15-21(19)24(25)29)30-26(35)41-28(2,3)4/h5-10,14,20H,1,11-13,15-17H2,2-4H3,(H,30,35)(H,31,36)(H,33,34)/t20-/m1/s1. The highest BCUT2D eigenvalue weighted by atomic mass is 32.2. The molecule has 0 saturated carbocycles. The number of carbonyl (C=O) groups excluding carboxylic acids is 2. The van der Waals surface area contributed by atoms with Crippen LogP contribution in [0.3, 0.4) is 0 Å². The van der Waals surface area contributed by atoms with Gasteiger partial charge >= 0.3 is 28.4 Å². The van der Waals surface area contributed by atoms with Crippen molar-refractivity contribution in [2.24, 2.45) is 0 Å². The Hall–Kier alpha value is -4.33. The molecule has 0 fully saturated rings. The van der Waals surface area contributed by atoms with Gasteiger partial charge in [0, 0.05) is 6.04 Å². The molecule has 0 saturated heterocycles. The minimum absolute atomic E-state index is 0.0395. The molecule has 2 aromatic rings. The molecular weight excluding hydrogens is 573 g/mol. The van der Waals surface area contributed by atoms with E-state index in [0.717, 1.165) is 0 Å². The molecule has 0 aliphatic heterocycles. The number of fused-ring (bicyclic) bond motifs is 1. The smallest absolute Gasteiger partial charge is 0.422 e. The fraction of sp³-hybridized carbons (Fsp3) is 0.393. The fourth-order valence-corrected chi connectivity index (χ4v) is 5.31. The normalized spacial score (nSPS) is 14.6. The number of hydrogen-bond acceptors (Lipinski definition) is 8. The lowest BCUT2D eigenvalue weighted by Crippen LogP contribution is -2.47. The van der Waals surface area contributed by atoms with Crippen molar-refractivity contribution >= 4 is 34.1 Å². The molecule has 1 aliphatic rings. The summed E-state index contributed by atoms with van der Waals surface area (Å²) in [6.07, 6.45) is -0.235. The van der Waals surface area contributed by atoms with Crippen molar-refractivity contribution in [3.05, 3.63) is 71.6 Å². The summed E-state index contributed by atoms with van der Waals surface area (Å²) < 4.78 is 60.5. The number of aryl methyl sites for hydroxylation is 1. The van der Waals surface area contributed by atoms with Crippen LogP contribution in [0.1, 0.15) is 43.9 Å². The Morgan fingerprint density at radius 2 is 1.88 bits per heavy atom. The molecule has 3 rings (SSSR count). The van der Waals surface area contributed by atoms with E-state index in [1.807, 2.05) is 0 Å². The number of nitrogens with one attached hydrogen (secondary N) is 2. The molecule has 3 N–H and O–H groups in total. The third-order valence-corrected chi connectivity index (χ3v) is 7.25. The summed E-state index contributed by atoms with van der Waals surface area (Å²) in [5, 5.41) is 12.3. The van der Waals surface area contributed by atoms with Gasteiger partial charge in [-0.1, -0.05) is 43.0 Å². The number of nitrogens with zero attached hydrogens (tertiary/aromatic N) is 1. The van der Waals surface area contributed by atoms with Gasteiger partial charge in [-0.3, -0.25) is 4.79 Å². The van der Waals surface area contributed by atoms with Gasteiger partial charge in [0.1, 0.15) is 36.8 Å². The van der Waals surface area contributed by atoms with Crippen molar-refractivity contribution in [2.45, 2.75) is 58.3 Å². The van der Waals surface area contributed by atoms with Gasteiger partial charge in [0.15, 0.2) is 5.82 Å². The molecule has 0 bridgehead atoms. The predicted octanol–water partition coefficient (Wildman–Crippen LogP) is 3.83. The van der Waals surface area contributed by atoms with Crippen LogP contribution in [0.25, 0.3) is 0 Å². The third-order valence-electron chi connectivity index (χ3n) is 5.93. The maximum absolute atomic E-state index is 16.4. The van der Waals surface area contributed by atoms with Crippen LogP contribution in [-0.2, 0) is 43.9 Å². The third kappa shape index (κ3) is 8.83. The average molecular weight is 608 g/mol. The van der Waals surface area contributed by atoms with E-state index in [-0.39, 0.29) is 35.3 Å². The maximum atomic E-state index is 16.4. The Morgan fingerprint density at radius 1 is 1.19 bits per heavy atom. The number of aliphatic carboxylic acids is 1. The summed E-state index contributed by atoms with van der Waals surface area (Å²) in [7, 11) is -5.02. The predicted molar refractivity (Wildman–Crippen MR) is 151 cm³/mol. The Bertz CT molecular complexity index is 1430. The monoisotopic (exact) mass is 607 g/mol. The number of halogens is 1. The Labute approximate surface area is 243 Å². The molecule has 0 aromatic heterocycles. The highest BCUT2D eigenvalue weighted by Gasteiger charge is 2.36. The van der Waals surface area contributed by atoms with Gasteiger partial charge < -0.3 is 24.6 Å². The second kappa shape index (κ2) is 13.6. The van der Waals surface area contributed by atoms with Crippen LogP contribution < -0.4 is 19.1 Å². The number of carbonyl (C=O) groups is 3. The van der Waals surface area contributed by atoms with Crippen LogP contribution in [0.2, 0.25) is 0 Å². The first-order chi connectivity index (χ1) is 19.7. The molecule has 42 heavy (non-hydrogen) atoms. The number of amides is 2. The Morgan fingerprint density at radius 3 is 2.50 bits per heavy atom. The maximum Gasteiger partial charge on any atom is 0.422 e. The fourth-order valence-electron chi connectivity index (χ4n) is 4.23. The summed E-state index contributed by atoms with van der Waals surface area (Å²) in [5.41, 5.74) is -0.237. The van der Waals surface area contributed by atoms with Crippen LogP contribution in [0.5, 0.6) is 5.75 Å². The molecule has 2 aromatic carbocycles. The van der Waals surface area contributed by atoms with Crippen LogP contribution in [-0.4, -0.2) is 56.5 Å². The number of alkyl carbamates (subject to hydrolysis) is 1. The van der Waals surface area contributed by atoms with Crippen LogP contribution >= 0.6 is 0 Å². The Kier molecular flexibility index (Phi) is 10.4. The molecule has 0 radical (unpaired) electrons. The van der Waals surface area contributed by atoms with E-state index >= 15 is 4.39 Å². The lowest BCUT2D eigenvalue weighted by molar-refractivity contribution is -0.135. The first-order valence-electron chi connectivity index (χ1n) is 13.0. The van der Waals surface area contributed by atoms with Gasteiger partial charge in [-0.25, -0.2) is 23.0 Å². The molecular formula is C28H34FN3O9S. The van der Waals surface area contributed by atoms with Gasteiger partial charge in [0.25, 0.3) is 0 Å². The van der Waals surface area contributed by atoms with Crippen LogP contribution in [0.4, 0.5) is 19.7 Å². The first kappa shape index (κ1) is 32.2. The van der Waals surface area contributed by atoms with E-state index < -0.39 is 58.1 Å². The van der Waals surface area contributed by atoms with Crippen molar-refractivity contribution in [1.82, 2.24) is 10.0 Å². The zero-order valence-corrected chi connectivity index (χ0v) is 24.3. The van der Waals surface area contributed by atoms with Crippen molar-refractivity contribution in [3.63, 3.8) is 0 Å². The second-order valence-corrected chi connectivity index (χ2v) is 12.0. The van der Waals surface area contributed by atoms with Crippen molar-refractivity contribution < 1.29 is 46.5 Å². The molecule has 0 heterocycles. The highest BCUT2D eigenvalue weighted by molar-refractivity contribution is 7.91. The minimum Gasteiger partial charge on any atom is -0.487 e. The Balaban J connectivity index is 2.06. The molecule has 12 nitrogen and oxygen atoms in total. The summed E-state index contributed by atoms with van der Waals surface area (Å²) in [4.78, 5) is 36.2. The van der Waals surface area contributed by atoms with Crippen LogP contribution in [0.15, 0.2) is 49.1 Å². The highest BCUT2D eigenvalue weighted by Crippen LogP contribution is 2.40. The number of carboxylic acids is 1. The average Bonchev–Trinajstić information content (AvgIpc) is 2.89. The number of carboxylic acid groups (broad SMARTS) is 1. The van der Waals surface area contributed by atoms with E-state index in [1.54, 1.807) is 55.8 Å². The number of benzene rings is 2. The molecule has 1 aliphatic carbocycles.